The zero-order valence-electron chi connectivity index (χ0n) is 18.9. The van der Waals surface area contributed by atoms with Gasteiger partial charge in [-0.2, -0.15) is 0 Å². The van der Waals surface area contributed by atoms with Crippen LogP contribution in [-0.4, -0.2) is 46.8 Å². The van der Waals surface area contributed by atoms with Crippen LogP contribution < -0.4 is 10.9 Å². The number of carbonyl (C=O) groups is 2. The van der Waals surface area contributed by atoms with Crippen molar-refractivity contribution in [3.63, 3.8) is 0 Å². The van der Waals surface area contributed by atoms with Crippen molar-refractivity contribution in [3.8, 4) is 11.1 Å². The fourth-order valence-corrected chi connectivity index (χ4v) is 3.68. The number of carbonyl (C=O) groups excluding carboxylic acids is 2. The summed E-state index contributed by atoms with van der Waals surface area (Å²) in [4.78, 5) is 42.2. The number of amides is 1. The molecular formula is C25H24N4O5. The third-order valence-electron chi connectivity index (χ3n) is 5.37. The van der Waals surface area contributed by atoms with Crippen LogP contribution >= 0.6 is 0 Å². The second-order valence-electron chi connectivity index (χ2n) is 7.59. The molecule has 2 heterocycles. The lowest BCUT2D eigenvalue weighted by molar-refractivity contribution is -0.116. The summed E-state index contributed by atoms with van der Waals surface area (Å²) in [6, 6.07) is 16.0. The Morgan fingerprint density at radius 1 is 1.00 bits per heavy atom. The van der Waals surface area contributed by atoms with Crippen LogP contribution in [0.15, 0.2) is 71.9 Å². The van der Waals surface area contributed by atoms with E-state index in [9.17, 15) is 14.4 Å². The number of rotatable bonds is 8. The van der Waals surface area contributed by atoms with E-state index in [0.29, 0.717) is 35.4 Å². The number of aromatic nitrogens is 3. The molecule has 0 aliphatic heterocycles. The van der Waals surface area contributed by atoms with Gasteiger partial charge in [-0.05, 0) is 29.8 Å². The SMILES string of the molecule is COCCn1cnc2c(-c3ccccc3)cn(CC(=O)Nc3ccc(C(=O)OC)cc3)c2c1=O. The van der Waals surface area contributed by atoms with Gasteiger partial charge in [-0.3, -0.25) is 14.2 Å². The lowest BCUT2D eigenvalue weighted by atomic mass is 10.1. The van der Waals surface area contributed by atoms with Gasteiger partial charge in [-0.15, -0.1) is 0 Å². The molecule has 9 heteroatoms. The molecule has 9 nitrogen and oxygen atoms in total. The fraction of sp³-hybridized carbons (Fsp3) is 0.200. The normalized spacial score (nSPS) is 10.9. The number of hydrogen-bond donors (Lipinski definition) is 1. The molecule has 4 rings (SSSR count). The minimum absolute atomic E-state index is 0.0900. The third-order valence-corrected chi connectivity index (χ3v) is 5.37. The van der Waals surface area contributed by atoms with E-state index in [1.165, 1.54) is 18.0 Å². The van der Waals surface area contributed by atoms with E-state index < -0.39 is 5.97 Å². The number of esters is 1. The Morgan fingerprint density at radius 2 is 1.74 bits per heavy atom. The van der Waals surface area contributed by atoms with Gasteiger partial charge in [0.2, 0.25) is 5.91 Å². The molecule has 4 aromatic rings. The molecule has 0 spiro atoms. The smallest absolute Gasteiger partial charge is 0.337 e. The summed E-state index contributed by atoms with van der Waals surface area (Å²) in [5.74, 6) is -0.781. The van der Waals surface area contributed by atoms with Crippen LogP contribution in [0.1, 0.15) is 10.4 Å². The van der Waals surface area contributed by atoms with Crippen molar-refractivity contribution in [3.05, 3.63) is 83.0 Å². The van der Waals surface area contributed by atoms with Crippen molar-refractivity contribution in [1.82, 2.24) is 14.1 Å². The van der Waals surface area contributed by atoms with Crippen LogP contribution in [0, 0.1) is 0 Å². The average molecular weight is 460 g/mol. The molecular weight excluding hydrogens is 436 g/mol. The second kappa shape index (κ2) is 10.1. The van der Waals surface area contributed by atoms with Crippen molar-refractivity contribution < 1.29 is 19.1 Å². The van der Waals surface area contributed by atoms with Gasteiger partial charge in [-0.25, -0.2) is 9.78 Å². The Bertz CT molecular complexity index is 1370. The quantitative estimate of drug-likeness (QED) is 0.406. The molecule has 1 amide bonds. The minimum atomic E-state index is -0.456. The minimum Gasteiger partial charge on any atom is -0.465 e. The lowest BCUT2D eigenvalue weighted by Crippen LogP contribution is -2.26. The summed E-state index contributed by atoms with van der Waals surface area (Å²) >= 11 is 0. The Kier molecular flexibility index (Phi) is 6.84. The molecule has 0 saturated carbocycles. The molecule has 1 N–H and O–H groups in total. The molecule has 0 radical (unpaired) electrons. The largest absolute Gasteiger partial charge is 0.465 e. The van der Waals surface area contributed by atoms with Crippen molar-refractivity contribution in [2.45, 2.75) is 13.1 Å². The summed E-state index contributed by atoms with van der Waals surface area (Å²) in [5.41, 5.74) is 3.18. The average Bonchev–Trinajstić information content (AvgIpc) is 3.23. The Hall–Kier alpha value is -4.24. The van der Waals surface area contributed by atoms with E-state index in [2.05, 4.69) is 15.0 Å². The van der Waals surface area contributed by atoms with Gasteiger partial charge in [0, 0.05) is 24.6 Å². The molecule has 0 aliphatic rings. The maximum absolute atomic E-state index is 13.2. The van der Waals surface area contributed by atoms with Crippen molar-refractivity contribution in [1.29, 1.82) is 0 Å². The van der Waals surface area contributed by atoms with Gasteiger partial charge in [0.1, 0.15) is 17.6 Å². The van der Waals surface area contributed by atoms with Crippen LogP contribution in [0.3, 0.4) is 0 Å². The number of nitrogens with zero attached hydrogens (tertiary/aromatic N) is 3. The highest BCUT2D eigenvalue weighted by Crippen LogP contribution is 2.27. The van der Waals surface area contributed by atoms with Gasteiger partial charge >= 0.3 is 5.97 Å². The van der Waals surface area contributed by atoms with Gasteiger partial charge in [-0.1, -0.05) is 30.3 Å². The molecule has 0 fully saturated rings. The number of fused-ring (bicyclic) bond motifs is 1. The molecule has 2 aromatic heterocycles. The molecule has 34 heavy (non-hydrogen) atoms. The molecule has 2 aromatic carbocycles. The number of anilines is 1. The van der Waals surface area contributed by atoms with E-state index in [1.807, 2.05) is 30.3 Å². The second-order valence-corrected chi connectivity index (χ2v) is 7.59. The van der Waals surface area contributed by atoms with E-state index in [-0.39, 0.29) is 18.0 Å². The predicted molar refractivity (Wildman–Crippen MR) is 128 cm³/mol. The summed E-state index contributed by atoms with van der Waals surface area (Å²) < 4.78 is 12.9. The maximum atomic E-state index is 13.2. The van der Waals surface area contributed by atoms with Gasteiger partial charge in [0.15, 0.2) is 0 Å². The zero-order chi connectivity index (χ0) is 24.1. The fourth-order valence-electron chi connectivity index (χ4n) is 3.68. The Labute approximate surface area is 195 Å². The standard InChI is InChI=1S/C25H24N4O5/c1-33-13-12-28-16-26-22-20(17-6-4-3-5-7-17)14-29(23(22)24(28)31)15-21(30)27-19-10-8-18(9-11-19)25(32)34-2/h3-11,14,16H,12-13,15H2,1-2H3,(H,27,30). The highest BCUT2D eigenvalue weighted by Gasteiger charge is 2.18. The van der Waals surface area contributed by atoms with Crippen LogP contribution in [0.25, 0.3) is 22.2 Å². The monoisotopic (exact) mass is 460 g/mol. The number of ether oxygens (including phenoxy) is 2. The van der Waals surface area contributed by atoms with E-state index >= 15 is 0 Å². The zero-order valence-corrected chi connectivity index (χ0v) is 18.9. The first kappa shape index (κ1) is 22.9. The Morgan fingerprint density at radius 3 is 2.41 bits per heavy atom. The van der Waals surface area contributed by atoms with E-state index in [4.69, 9.17) is 4.74 Å². The first-order valence-corrected chi connectivity index (χ1v) is 10.6. The predicted octanol–water partition coefficient (Wildman–Crippen LogP) is 2.94. The lowest BCUT2D eigenvalue weighted by Gasteiger charge is -2.09. The first-order valence-electron chi connectivity index (χ1n) is 10.6. The molecule has 0 unspecified atom stereocenters. The summed E-state index contributed by atoms with van der Waals surface area (Å²) in [6.07, 6.45) is 3.28. The van der Waals surface area contributed by atoms with Crippen LogP contribution in [-0.2, 0) is 27.4 Å². The number of hydrogen-bond acceptors (Lipinski definition) is 6. The molecule has 0 saturated heterocycles. The topological polar surface area (TPSA) is 104 Å². The van der Waals surface area contributed by atoms with Gasteiger partial charge in [0.25, 0.3) is 5.56 Å². The summed E-state index contributed by atoms with van der Waals surface area (Å²) in [6.45, 7) is 0.623. The molecule has 0 atom stereocenters. The third kappa shape index (κ3) is 4.74. The molecule has 174 valence electrons. The van der Waals surface area contributed by atoms with Crippen LogP contribution in [0.5, 0.6) is 0 Å². The highest BCUT2D eigenvalue weighted by molar-refractivity contribution is 5.96. The first-order chi connectivity index (χ1) is 16.5. The van der Waals surface area contributed by atoms with E-state index in [0.717, 1.165) is 11.1 Å². The number of nitrogens with one attached hydrogen (secondary N) is 1. The van der Waals surface area contributed by atoms with Gasteiger partial charge in [0.05, 0.1) is 32.2 Å². The highest BCUT2D eigenvalue weighted by atomic mass is 16.5. The number of benzene rings is 2. The number of methoxy groups -OCH3 is 2. The maximum Gasteiger partial charge on any atom is 0.337 e. The van der Waals surface area contributed by atoms with Crippen molar-refractivity contribution in [2.75, 3.05) is 26.1 Å². The van der Waals surface area contributed by atoms with Gasteiger partial charge < -0.3 is 19.4 Å². The van der Waals surface area contributed by atoms with Crippen molar-refractivity contribution in [2.24, 2.45) is 0 Å². The Balaban J connectivity index is 1.67. The van der Waals surface area contributed by atoms with Crippen LogP contribution in [0.2, 0.25) is 0 Å². The summed E-state index contributed by atoms with van der Waals surface area (Å²) in [5, 5.41) is 2.80. The van der Waals surface area contributed by atoms with E-state index in [1.54, 1.807) is 42.1 Å². The van der Waals surface area contributed by atoms with Crippen molar-refractivity contribution >= 4 is 28.6 Å². The van der Waals surface area contributed by atoms with Crippen LogP contribution in [0.4, 0.5) is 5.69 Å². The molecule has 0 bridgehead atoms. The molecule has 0 aliphatic carbocycles. The summed E-state index contributed by atoms with van der Waals surface area (Å²) in [7, 11) is 2.87.